The largest absolute Gasteiger partial charge is 0.357 e. The maximum atomic E-state index is 14.3. The average Bonchev–Trinajstić information content (AvgIpc) is 1.65. The predicted octanol–water partition coefficient (Wildman–Crippen LogP) is 26.9. The second-order valence-corrected chi connectivity index (χ2v) is 29.4. The van der Waals surface area contributed by atoms with Crippen molar-refractivity contribution in [3.8, 4) is 41.8 Å². The van der Waals surface area contributed by atoms with E-state index < -0.39 is 21.2 Å². The number of nitrogens with zero attached hydrogens (tertiary/aromatic N) is 8. The molecule has 512 valence electrons. The lowest BCUT2D eigenvalue weighted by Crippen LogP contribution is -2.09. The van der Waals surface area contributed by atoms with Crippen molar-refractivity contribution >= 4 is 135 Å². The summed E-state index contributed by atoms with van der Waals surface area (Å²) in [4.78, 5) is 35.4. The molecule has 12 nitrogen and oxygen atoms in total. The Morgan fingerprint density at radius 3 is 1.03 bits per heavy atom. The summed E-state index contributed by atoms with van der Waals surface area (Å²) in [6.45, 7) is 10.5. The fourth-order valence-corrected chi connectivity index (χ4v) is 18.1. The van der Waals surface area contributed by atoms with E-state index in [1.165, 1.54) is 33.4 Å². The molecule has 0 aliphatic rings. The Labute approximate surface area is 603 Å². The van der Waals surface area contributed by atoms with E-state index in [0.29, 0.717) is 33.6 Å². The van der Waals surface area contributed by atoms with Gasteiger partial charge in [0, 0.05) is 99.3 Å². The topological polar surface area (TPSA) is 128 Å². The third-order valence-electron chi connectivity index (χ3n) is 20.0. The summed E-state index contributed by atoms with van der Waals surface area (Å²) < 4.78 is 14.9. The summed E-state index contributed by atoms with van der Waals surface area (Å²) >= 11 is 3.90. The molecule has 0 saturated heterocycles. The zero-order valence-corrected chi connectivity index (χ0v) is 60.7. The van der Waals surface area contributed by atoms with Crippen molar-refractivity contribution in [1.82, 2.24) is 17.9 Å². The van der Waals surface area contributed by atoms with E-state index in [0.717, 1.165) is 227 Å². The van der Waals surface area contributed by atoms with E-state index in [2.05, 4.69) is 253 Å². The third kappa shape index (κ3) is 14.0. The van der Waals surface area contributed by atoms with Gasteiger partial charge in [0.1, 0.15) is 22.2 Å². The van der Waals surface area contributed by atoms with Crippen LogP contribution < -0.4 is 9.80 Å². The highest BCUT2D eigenvalue weighted by molar-refractivity contribution is 7.19. The zero-order valence-electron chi connectivity index (χ0n) is 58.2. The molecular weight excluding hydrogens is 1310 g/mol. The van der Waals surface area contributed by atoms with Gasteiger partial charge in [-0.05, 0) is 158 Å². The first kappa shape index (κ1) is 68.3. The molecule has 14 aromatic rings. The molecular formula is C86H86N8O4S3. The van der Waals surface area contributed by atoms with E-state index in [9.17, 15) is 20.2 Å². The number of nitro benzene ring substituents is 2. The number of benzene rings is 9. The van der Waals surface area contributed by atoms with Crippen molar-refractivity contribution in [1.29, 1.82) is 0 Å². The van der Waals surface area contributed by atoms with Crippen LogP contribution in [0.1, 0.15) is 142 Å². The van der Waals surface area contributed by atoms with Gasteiger partial charge in [0.05, 0.1) is 32.6 Å². The van der Waals surface area contributed by atoms with Crippen LogP contribution in [-0.2, 0) is 25.9 Å². The van der Waals surface area contributed by atoms with Crippen molar-refractivity contribution in [3.05, 3.63) is 238 Å². The Bertz CT molecular complexity index is 4830. The van der Waals surface area contributed by atoms with Crippen LogP contribution in [0.3, 0.4) is 0 Å². The minimum absolute atomic E-state index is 0.174. The molecule has 101 heavy (non-hydrogen) atoms. The Balaban J connectivity index is 0.909. The van der Waals surface area contributed by atoms with E-state index in [4.69, 9.17) is 8.75 Å². The van der Waals surface area contributed by atoms with Gasteiger partial charge in [-0.15, -0.1) is 22.7 Å². The minimum atomic E-state index is -0.537. The van der Waals surface area contributed by atoms with Crippen molar-refractivity contribution in [3.63, 3.8) is 0 Å². The van der Waals surface area contributed by atoms with Crippen LogP contribution in [0.25, 0.3) is 96.4 Å². The summed E-state index contributed by atoms with van der Waals surface area (Å²) in [6.07, 6.45) is 18.0. The van der Waals surface area contributed by atoms with Gasteiger partial charge in [-0.2, -0.15) is 8.75 Å². The van der Waals surface area contributed by atoms with Gasteiger partial charge in [0.25, 0.3) is 0 Å². The number of hydrogen-bond acceptors (Lipinski definition) is 11. The maximum Gasteiger partial charge on any atom is 0.357 e. The fourth-order valence-electron chi connectivity index (χ4n) is 15.0. The Kier molecular flexibility index (Phi) is 21.2. The average molecular weight is 1390 g/mol. The molecule has 0 bridgehead atoms. The second kappa shape index (κ2) is 31.4. The molecule has 0 radical (unpaired) electrons. The lowest BCUT2D eigenvalue weighted by Gasteiger charge is -2.25. The van der Waals surface area contributed by atoms with Gasteiger partial charge in [0.2, 0.25) is 0 Å². The summed E-state index contributed by atoms with van der Waals surface area (Å²) in [6, 6.07) is 73.5. The number of thiophene rings is 2. The molecule has 0 saturated carbocycles. The molecule has 5 heterocycles. The van der Waals surface area contributed by atoms with E-state index in [1.807, 2.05) is 0 Å². The van der Waals surface area contributed by atoms with Crippen LogP contribution in [0.5, 0.6) is 0 Å². The number of aromatic nitrogens is 4. The highest BCUT2D eigenvalue weighted by Crippen LogP contribution is 2.56. The molecule has 5 aromatic heterocycles. The quantitative estimate of drug-likeness (QED) is 0.0232. The van der Waals surface area contributed by atoms with Crippen LogP contribution in [0.15, 0.2) is 206 Å². The van der Waals surface area contributed by atoms with Gasteiger partial charge in [-0.3, -0.25) is 20.2 Å². The predicted molar refractivity (Wildman–Crippen MR) is 428 cm³/mol. The SMILES string of the molecule is CCCCCCc1cc(-c2ccc3c4ccc(N(c5ccccc5)c5ccccc5)cc4n(CCCCCC)c3c2)sc1-c1c([N+](=O)[O-])c([N+](=O)[O-])c(-c2sc(-c3ccc4c5ccc(N(c6ccccc6)c6ccccc6)cc5n(CCCCCC)c4c3)cc2CCCCCC)c2nsnc12. The lowest BCUT2D eigenvalue weighted by atomic mass is 9.95. The highest BCUT2D eigenvalue weighted by atomic mass is 32.1. The number of hydrogen-bond donors (Lipinski definition) is 0. The van der Waals surface area contributed by atoms with Gasteiger partial charge < -0.3 is 18.9 Å². The smallest absolute Gasteiger partial charge is 0.340 e. The number of fused-ring (bicyclic) bond motifs is 7. The van der Waals surface area contributed by atoms with Crippen LogP contribution in [0.2, 0.25) is 0 Å². The standard InChI is InChI=1S/C86H86N8O4S3/c1-5-9-13-21-33-61-55-77(59-43-47-69-71-49-45-67(57-75(71)89(73(69)53-59)51-31-15-11-7-3)91(63-35-23-17-24-36-63)64-37-25-18-26-38-64)99-85(61)79-81-82(88-101-87-81)80(84(94(97)98)83(79)93(95)96)86-62(34-22-14-10-6-2)56-78(100-86)60-44-48-70-72-50-46-68(58-76(72)90(74(70)54-60)52-32-16-12-8-4)92(65-39-27-19-28-40-65)66-41-29-20-30-42-66/h17-20,23-30,35-50,53-58H,5-16,21-22,31-34,51-52H2,1-4H3. The van der Waals surface area contributed by atoms with Gasteiger partial charge >= 0.3 is 11.4 Å². The van der Waals surface area contributed by atoms with Gasteiger partial charge in [0.15, 0.2) is 0 Å². The number of para-hydroxylation sites is 4. The lowest BCUT2D eigenvalue weighted by molar-refractivity contribution is -0.421. The fraction of sp³-hybridized carbons (Fsp3) is 0.279. The van der Waals surface area contributed by atoms with Crippen LogP contribution in [0.4, 0.5) is 45.5 Å². The zero-order chi connectivity index (χ0) is 69.3. The summed E-state index contributed by atoms with van der Waals surface area (Å²) in [5.41, 5.74) is 14.7. The van der Waals surface area contributed by atoms with Crippen molar-refractivity contribution in [2.45, 2.75) is 156 Å². The Morgan fingerprint density at radius 1 is 0.366 bits per heavy atom. The third-order valence-corrected chi connectivity index (χ3v) is 23.0. The minimum Gasteiger partial charge on any atom is -0.340 e. The van der Waals surface area contributed by atoms with Crippen molar-refractivity contribution in [2.75, 3.05) is 9.80 Å². The number of rotatable bonds is 32. The van der Waals surface area contributed by atoms with Gasteiger partial charge in [-0.25, -0.2) is 0 Å². The second-order valence-electron chi connectivity index (χ2n) is 26.8. The Hall–Kier alpha value is -9.80. The molecule has 0 unspecified atom stereocenters. The summed E-state index contributed by atoms with van der Waals surface area (Å²) in [5.74, 6) is 0. The molecule has 0 spiro atoms. The molecule has 0 aliphatic carbocycles. The highest BCUT2D eigenvalue weighted by Gasteiger charge is 2.41. The molecule has 0 amide bonds. The molecule has 0 fully saturated rings. The van der Waals surface area contributed by atoms with Crippen molar-refractivity contribution < 1.29 is 9.85 Å². The van der Waals surface area contributed by atoms with Gasteiger partial charge in [-0.1, -0.05) is 214 Å². The number of anilines is 6. The molecule has 14 rings (SSSR count). The van der Waals surface area contributed by atoms with Crippen LogP contribution >= 0.6 is 34.4 Å². The molecule has 0 aliphatic heterocycles. The number of nitro groups is 2. The normalized spacial score (nSPS) is 11.7. The summed E-state index contributed by atoms with van der Waals surface area (Å²) in [5, 5.41) is 33.3. The first-order valence-corrected chi connectivity index (χ1v) is 38.8. The first-order valence-electron chi connectivity index (χ1n) is 36.5. The van der Waals surface area contributed by atoms with E-state index in [1.54, 1.807) is 0 Å². The molecule has 0 N–H and O–H groups in total. The number of aryl methyl sites for hydroxylation is 4. The summed E-state index contributed by atoms with van der Waals surface area (Å²) in [7, 11) is 0. The van der Waals surface area contributed by atoms with E-state index in [-0.39, 0.29) is 11.1 Å². The maximum absolute atomic E-state index is 14.3. The van der Waals surface area contributed by atoms with Crippen LogP contribution in [-0.4, -0.2) is 27.7 Å². The number of unbranched alkanes of at least 4 members (excludes halogenated alkanes) is 12. The molecule has 0 atom stereocenters. The monoisotopic (exact) mass is 1390 g/mol. The molecule has 15 heteroatoms. The molecule has 9 aromatic carbocycles. The van der Waals surface area contributed by atoms with Crippen LogP contribution in [0, 0.1) is 20.2 Å². The Morgan fingerprint density at radius 2 is 0.693 bits per heavy atom. The first-order chi connectivity index (χ1) is 49.7. The van der Waals surface area contributed by atoms with E-state index >= 15 is 0 Å². The van der Waals surface area contributed by atoms with Crippen molar-refractivity contribution in [2.24, 2.45) is 0 Å².